The third-order valence-corrected chi connectivity index (χ3v) is 3.13. The maximum atomic E-state index is 13.5. The molecule has 0 amide bonds. The highest BCUT2D eigenvalue weighted by Crippen LogP contribution is 2.14. The highest BCUT2D eigenvalue weighted by molar-refractivity contribution is 5.24. The van der Waals surface area contributed by atoms with E-state index in [1.54, 1.807) is 6.07 Å². The summed E-state index contributed by atoms with van der Waals surface area (Å²) in [5.41, 5.74) is 3.17. The lowest BCUT2D eigenvalue weighted by molar-refractivity contribution is 0.544. The van der Waals surface area contributed by atoms with E-state index >= 15 is 0 Å². The fourth-order valence-electron chi connectivity index (χ4n) is 1.88. The molecule has 0 fully saturated rings. The average molecular weight is 243 g/mol. The molecular weight excluding hydrogens is 225 g/mol. The Balaban J connectivity index is 1.98. The molecular formula is C16H18FN. The van der Waals surface area contributed by atoms with E-state index in [9.17, 15) is 4.39 Å². The molecule has 0 aromatic heterocycles. The predicted octanol–water partition coefficient (Wildman–Crippen LogP) is 3.98. The van der Waals surface area contributed by atoms with E-state index in [1.807, 2.05) is 12.1 Å². The van der Waals surface area contributed by atoms with Crippen LogP contribution >= 0.6 is 0 Å². The van der Waals surface area contributed by atoms with E-state index in [0.29, 0.717) is 12.1 Å². The van der Waals surface area contributed by atoms with Gasteiger partial charge in [0.15, 0.2) is 0 Å². The maximum absolute atomic E-state index is 13.5. The van der Waals surface area contributed by atoms with Gasteiger partial charge in [-0.15, -0.1) is 0 Å². The van der Waals surface area contributed by atoms with Crippen molar-refractivity contribution in [3.8, 4) is 0 Å². The first-order chi connectivity index (χ1) is 8.66. The molecule has 0 heterocycles. The third kappa shape index (κ3) is 3.17. The van der Waals surface area contributed by atoms with E-state index in [-0.39, 0.29) is 11.9 Å². The van der Waals surface area contributed by atoms with E-state index in [4.69, 9.17) is 0 Å². The second-order valence-corrected chi connectivity index (χ2v) is 4.60. The van der Waals surface area contributed by atoms with Crippen molar-refractivity contribution in [2.45, 2.75) is 26.4 Å². The fraction of sp³-hybridized carbons (Fsp3) is 0.250. The minimum atomic E-state index is -0.152. The van der Waals surface area contributed by atoms with E-state index in [0.717, 1.165) is 0 Å². The largest absolute Gasteiger partial charge is 0.306 e. The fourth-order valence-corrected chi connectivity index (χ4v) is 1.88. The van der Waals surface area contributed by atoms with Crippen LogP contribution in [-0.4, -0.2) is 0 Å². The lowest BCUT2D eigenvalue weighted by atomic mass is 10.1. The normalized spacial score (nSPS) is 12.4. The first-order valence-electron chi connectivity index (χ1n) is 6.20. The van der Waals surface area contributed by atoms with Gasteiger partial charge in [-0.1, -0.05) is 48.0 Å². The van der Waals surface area contributed by atoms with E-state index in [2.05, 4.69) is 43.4 Å². The molecule has 2 heteroatoms. The van der Waals surface area contributed by atoms with Crippen LogP contribution in [0.1, 0.15) is 29.7 Å². The molecule has 2 aromatic carbocycles. The summed E-state index contributed by atoms with van der Waals surface area (Å²) in [5, 5.41) is 3.34. The summed E-state index contributed by atoms with van der Waals surface area (Å²) >= 11 is 0. The molecule has 0 bridgehead atoms. The van der Waals surface area contributed by atoms with Crippen LogP contribution < -0.4 is 5.32 Å². The number of rotatable bonds is 4. The molecule has 2 rings (SSSR count). The lowest BCUT2D eigenvalue weighted by Gasteiger charge is -2.14. The topological polar surface area (TPSA) is 12.0 Å². The summed E-state index contributed by atoms with van der Waals surface area (Å²) in [6, 6.07) is 15.5. The van der Waals surface area contributed by atoms with Gasteiger partial charge in [-0.05, 0) is 25.5 Å². The van der Waals surface area contributed by atoms with E-state index < -0.39 is 0 Å². The number of hydrogen-bond donors (Lipinski definition) is 1. The Kier molecular flexibility index (Phi) is 4.11. The van der Waals surface area contributed by atoms with Crippen molar-refractivity contribution in [1.29, 1.82) is 0 Å². The Morgan fingerprint density at radius 3 is 2.39 bits per heavy atom. The molecule has 0 aliphatic carbocycles. The molecule has 94 valence electrons. The number of benzene rings is 2. The third-order valence-electron chi connectivity index (χ3n) is 3.13. The number of halogens is 1. The molecule has 0 aliphatic heterocycles. The van der Waals surface area contributed by atoms with Crippen LogP contribution in [0.2, 0.25) is 0 Å². The predicted molar refractivity (Wildman–Crippen MR) is 72.8 cm³/mol. The Labute approximate surface area is 108 Å². The maximum Gasteiger partial charge on any atom is 0.127 e. The van der Waals surface area contributed by atoms with Gasteiger partial charge in [0.05, 0.1) is 0 Å². The summed E-state index contributed by atoms with van der Waals surface area (Å²) in [6.45, 7) is 4.70. The Morgan fingerprint density at radius 2 is 1.72 bits per heavy atom. The first kappa shape index (κ1) is 12.8. The minimum Gasteiger partial charge on any atom is -0.306 e. The van der Waals surface area contributed by atoms with Crippen molar-refractivity contribution in [1.82, 2.24) is 5.32 Å². The van der Waals surface area contributed by atoms with Crippen LogP contribution in [0.4, 0.5) is 4.39 Å². The Hall–Kier alpha value is -1.67. The second kappa shape index (κ2) is 5.78. The Morgan fingerprint density at radius 1 is 1.06 bits per heavy atom. The van der Waals surface area contributed by atoms with Gasteiger partial charge >= 0.3 is 0 Å². The van der Waals surface area contributed by atoms with Gasteiger partial charge in [-0.3, -0.25) is 0 Å². The SMILES string of the molecule is Cc1ccc([C@@H](C)NCc2ccccc2F)cc1. The zero-order chi connectivity index (χ0) is 13.0. The number of nitrogens with one attached hydrogen (secondary N) is 1. The van der Waals surface area contributed by atoms with Gasteiger partial charge in [0.25, 0.3) is 0 Å². The summed E-state index contributed by atoms with van der Waals surface area (Å²) in [6.07, 6.45) is 0. The quantitative estimate of drug-likeness (QED) is 0.856. The van der Waals surface area contributed by atoms with Crippen LogP contribution in [0.3, 0.4) is 0 Å². The molecule has 1 atom stereocenters. The zero-order valence-corrected chi connectivity index (χ0v) is 10.8. The lowest BCUT2D eigenvalue weighted by Crippen LogP contribution is -2.18. The molecule has 2 aromatic rings. The van der Waals surface area contributed by atoms with Crippen LogP contribution in [0.5, 0.6) is 0 Å². The molecule has 0 unspecified atom stereocenters. The van der Waals surface area contributed by atoms with Gasteiger partial charge in [0.2, 0.25) is 0 Å². The Bertz CT molecular complexity index is 505. The second-order valence-electron chi connectivity index (χ2n) is 4.60. The monoisotopic (exact) mass is 243 g/mol. The molecule has 0 saturated carbocycles. The highest BCUT2D eigenvalue weighted by atomic mass is 19.1. The van der Waals surface area contributed by atoms with Crippen LogP contribution in [0.25, 0.3) is 0 Å². The molecule has 0 saturated heterocycles. The van der Waals surface area contributed by atoms with Crippen LogP contribution in [0, 0.1) is 12.7 Å². The van der Waals surface area contributed by atoms with Gasteiger partial charge < -0.3 is 5.32 Å². The molecule has 0 radical (unpaired) electrons. The van der Waals surface area contributed by atoms with Gasteiger partial charge in [-0.2, -0.15) is 0 Å². The van der Waals surface area contributed by atoms with Crippen LogP contribution in [0.15, 0.2) is 48.5 Å². The van der Waals surface area contributed by atoms with Gasteiger partial charge in [-0.25, -0.2) is 4.39 Å². The standard InChI is InChI=1S/C16H18FN/c1-12-7-9-14(10-8-12)13(2)18-11-15-5-3-4-6-16(15)17/h3-10,13,18H,11H2,1-2H3/t13-/m1/s1. The zero-order valence-electron chi connectivity index (χ0n) is 10.8. The van der Waals surface area contributed by atoms with Gasteiger partial charge in [0.1, 0.15) is 5.82 Å². The van der Waals surface area contributed by atoms with Crippen LogP contribution in [-0.2, 0) is 6.54 Å². The van der Waals surface area contributed by atoms with Crippen molar-refractivity contribution >= 4 is 0 Å². The minimum absolute atomic E-state index is 0.152. The molecule has 1 nitrogen and oxygen atoms in total. The van der Waals surface area contributed by atoms with Crippen molar-refractivity contribution in [3.63, 3.8) is 0 Å². The van der Waals surface area contributed by atoms with E-state index in [1.165, 1.54) is 17.2 Å². The highest BCUT2D eigenvalue weighted by Gasteiger charge is 2.06. The number of hydrogen-bond acceptors (Lipinski definition) is 1. The summed E-state index contributed by atoms with van der Waals surface area (Å²) < 4.78 is 13.5. The average Bonchev–Trinajstić information content (AvgIpc) is 2.38. The number of aryl methyl sites for hydroxylation is 1. The van der Waals surface area contributed by atoms with Crippen molar-refractivity contribution in [3.05, 3.63) is 71.0 Å². The first-order valence-corrected chi connectivity index (χ1v) is 6.20. The smallest absolute Gasteiger partial charge is 0.127 e. The van der Waals surface area contributed by atoms with Crippen molar-refractivity contribution in [2.75, 3.05) is 0 Å². The molecule has 18 heavy (non-hydrogen) atoms. The summed E-state index contributed by atoms with van der Waals surface area (Å²) in [7, 11) is 0. The molecule has 1 N–H and O–H groups in total. The van der Waals surface area contributed by atoms with Gasteiger partial charge in [0, 0.05) is 18.2 Å². The summed E-state index contributed by atoms with van der Waals surface area (Å²) in [4.78, 5) is 0. The van der Waals surface area contributed by atoms with Crippen molar-refractivity contribution < 1.29 is 4.39 Å². The molecule has 0 aliphatic rings. The van der Waals surface area contributed by atoms with Crippen molar-refractivity contribution in [2.24, 2.45) is 0 Å². The molecule has 0 spiro atoms. The summed E-state index contributed by atoms with van der Waals surface area (Å²) in [5.74, 6) is -0.152.